The number of benzene rings is 1. The fraction of sp³-hybridized carbons (Fsp3) is 0.273. The number of hydrogen-bond donors (Lipinski definition) is 1. The molecule has 0 saturated carbocycles. The third-order valence-electron chi connectivity index (χ3n) is 1.73. The van der Waals surface area contributed by atoms with E-state index in [1.807, 2.05) is 25.1 Å². The molecule has 0 amide bonds. The predicted octanol–water partition coefficient (Wildman–Crippen LogP) is 2.49. The van der Waals surface area contributed by atoms with Gasteiger partial charge in [0.25, 0.3) is 0 Å². The highest BCUT2D eigenvalue weighted by Crippen LogP contribution is 2.18. The molecule has 0 saturated heterocycles. The zero-order valence-corrected chi connectivity index (χ0v) is 9.06. The Kier molecular flexibility index (Phi) is 4.01. The first-order valence-corrected chi connectivity index (χ1v) is 4.90. The average molecular weight is 239 g/mol. The minimum absolute atomic E-state index is 0.125. The topological polar surface area (TPSA) is 20.2 Å². The zero-order valence-electron chi connectivity index (χ0n) is 7.47. The molecule has 1 aromatic rings. The molecule has 0 spiro atoms. The Morgan fingerprint density at radius 1 is 1.46 bits per heavy atom. The van der Waals surface area contributed by atoms with Gasteiger partial charge in [-0.3, -0.25) is 0 Å². The second-order valence-corrected chi connectivity index (χ2v) is 3.54. The molecule has 2 heteroatoms. The van der Waals surface area contributed by atoms with E-state index in [0.29, 0.717) is 6.42 Å². The summed E-state index contributed by atoms with van der Waals surface area (Å²) < 4.78 is 1.07. The van der Waals surface area contributed by atoms with Crippen LogP contribution in [0.2, 0.25) is 0 Å². The maximum absolute atomic E-state index is 8.56. The van der Waals surface area contributed by atoms with Crippen molar-refractivity contribution in [1.29, 1.82) is 0 Å². The Balaban J connectivity index is 2.91. The van der Waals surface area contributed by atoms with Gasteiger partial charge in [-0.25, -0.2) is 0 Å². The first kappa shape index (κ1) is 10.3. The summed E-state index contributed by atoms with van der Waals surface area (Å²) in [5.41, 5.74) is 2.16. The quantitative estimate of drug-likeness (QED) is 0.746. The second-order valence-electron chi connectivity index (χ2n) is 2.69. The van der Waals surface area contributed by atoms with Crippen LogP contribution in [0.25, 0.3) is 0 Å². The van der Waals surface area contributed by atoms with E-state index in [9.17, 15) is 0 Å². The van der Waals surface area contributed by atoms with Crippen molar-refractivity contribution in [3.05, 3.63) is 33.8 Å². The van der Waals surface area contributed by atoms with E-state index in [1.54, 1.807) is 0 Å². The molecule has 0 aliphatic heterocycles. The van der Waals surface area contributed by atoms with E-state index < -0.39 is 0 Å². The van der Waals surface area contributed by atoms with Crippen LogP contribution in [0.4, 0.5) is 0 Å². The predicted molar refractivity (Wildman–Crippen MR) is 57.5 cm³/mol. The van der Waals surface area contributed by atoms with Gasteiger partial charge in [-0.05, 0) is 24.6 Å². The van der Waals surface area contributed by atoms with Crippen LogP contribution in [0.15, 0.2) is 22.7 Å². The van der Waals surface area contributed by atoms with Gasteiger partial charge in [-0.1, -0.05) is 33.8 Å². The van der Waals surface area contributed by atoms with Crippen molar-refractivity contribution in [3.8, 4) is 11.8 Å². The third-order valence-corrected chi connectivity index (χ3v) is 2.59. The van der Waals surface area contributed by atoms with Crippen molar-refractivity contribution in [3.63, 3.8) is 0 Å². The summed E-state index contributed by atoms with van der Waals surface area (Å²) in [4.78, 5) is 0. The summed E-state index contributed by atoms with van der Waals surface area (Å²) in [6.45, 7) is 2.15. The molecule has 68 valence electrons. The first-order chi connectivity index (χ1) is 6.25. The number of halogens is 1. The summed E-state index contributed by atoms with van der Waals surface area (Å²) >= 11 is 3.44. The number of hydrogen-bond acceptors (Lipinski definition) is 1. The number of aliphatic hydroxyl groups excluding tert-OH is 1. The van der Waals surface area contributed by atoms with Gasteiger partial charge in [0.1, 0.15) is 0 Å². The van der Waals surface area contributed by atoms with Gasteiger partial charge >= 0.3 is 0 Å². The summed E-state index contributed by atoms with van der Waals surface area (Å²) in [7, 11) is 0. The molecule has 0 bridgehead atoms. The number of aliphatic hydroxyl groups is 1. The zero-order chi connectivity index (χ0) is 9.68. The van der Waals surface area contributed by atoms with E-state index in [-0.39, 0.29) is 6.61 Å². The smallest absolute Gasteiger partial charge is 0.0540 e. The molecule has 1 N–H and O–H groups in total. The minimum Gasteiger partial charge on any atom is -0.395 e. The molecule has 0 aromatic heterocycles. The van der Waals surface area contributed by atoms with Crippen LogP contribution >= 0.6 is 15.9 Å². The average Bonchev–Trinajstić information content (AvgIpc) is 2.13. The lowest BCUT2D eigenvalue weighted by Crippen LogP contribution is -1.83. The van der Waals surface area contributed by atoms with Crippen molar-refractivity contribution >= 4 is 15.9 Å². The van der Waals surface area contributed by atoms with Gasteiger partial charge in [-0.15, -0.1) is 0 Å². The highest BCUT2D eigenvalue weighted by atomic mass is 79.9. The Morgan fingerprint density at radius 2 is 2.23 bits per heavy atom. The van der Waals surface area contributed by atoms with Crippen LogP contribution in [0.1, 0.15) is 17.5 Å². The fourth-order valence-electron chi connectivity index (χ4n) is 0.957. The van der Waals surface area contributed by atoms with Crippen molar-refractivity contribution in [2.45, 2.75) is 13.3 Å². The molecular formula is C11H11BrO. The molecule has 0 fully saturated rings. The molecule has 1 aromatic carbocycles. The molecule has 1 nitrogen and oxygen atoms in total. The molecule has 0 unspecified atom stereocenters. The number of rotatable bonds is 1. The maximum atomic E-state index is 8.56. The Morgan fingerprint density at radius 3 is 2.92 bits per heavy atom. The van der Waals surface area contributed by atoms with Crippen LogP contribution in [0.3, 0.4) is 0 Å². The van der Waals surface area contributed by atoms with Gasteiger partial charge in [-0.2, -0.15) is 0 Å². The second kappa shape index (κ2) is 5.06. The lowest BCUT2D eigenvalue weighted by molar-refractivity contribution is 0.305. The van der Waals surface area contributed by atoms with Crippen molar-refractivity contribution in [2.75, 3.05) is 6.61 Å². The van der Waals surface area contributed by atoms with Crippen LogP contribution in [0, 0.1) is 18.8 Å². The largest absolute Gasteiger partial charge is 0.395 e. The molecule has 1 rings (SSSR count). The van der Waals surface area contributed by atoms with E-state index >= 15 is 0 Å². The van der Waals surface area contributed by atoms with E-state index in [1.165, 1.54) is 0 Å². The van der Waals surface area contributed by atoms with Crippen LogP contribution in [-0.4, -0.2) is 11.7 Å². The fourth-order valence-corrected chi connectivity index (χ4v) is 1.32. The molecular weight excluding hydrogens is 228 g/mol. The SMILES string of the molecule is Cc1c(Br)cccc1C#CCCO. The summed E-state index contributed by atoms with van der Waals surface area (Å²) in [6.07, 6.45) is 0.534. The summed E-state index contributed by atoms with van der Waals surface area (Å²) in [6, 6.07) is 5.93. The van der Waals surface area contributed by atoms with Gasteiger partial charge in [0, 0.05) is 16.5 Å². The molecule has 0 aliphatic rings. The molecule has 0 radical (unpaired) electrons. The van der Waals surface area contributed by atoms with Gasteiger partial charge in [0.05, 0.1) is 6.61 Å². The van der Waals surface area contributed by atoms with E-state index in [4.69, 9.17) is 5.11 Å². The summed E-state index contributed by atoms with van der Waals surface area (Å²) in [5.74, 6) is 5.91. The van der Waals surface area contributed by atoms with Gasteiger partial charge in [0.15, 0.2) is 0 Å². The van der Waals surface area contributed by atoms with Gasteiger partial charge < -0.3 is 5.11 Å². The minimum atomic E-state index is 0.125. The van der Waals surface area contributed by atoms with E-state index in [2.05, 4.69) is 27.8 Å². The van der Waals surface area contributed by atoms with Gasteiger partial charge in [0.2, 0.25) is 0 Å². The highest BCUT2D eigenvalue weighted by Gasteiger charge is 1.96. The molecule has 13 heavy (non-hydrogen) atoms. The van der Waals surface area contributed by atoms with Crippen LogP contribution in [-0.2, 0) is 0 Å². The molecule has 0 heterocycles. The molecule has 0 aliphatic carbocycles. The highest BCUT2D eigenvalue weighted by molar-refractivity contribution is 9.10. The summed E-state index contributed by atoms with van der Waals surface area (Å²) in [5, 5.41) is 8.56. The van der Waals surface area contributed by atoms with Crippen molar-refractivity contribution < 1.29 is 5.11 Å². The van der Waals surface area contributed by atoms with Crippen molar-refractivity contribution in [1.82, 2.24) is 0 Å². The maximum Gasteiger partial charge on any atom is 0.0540 e. The lowest BCUT2D eigenvalue weighted by atomic mass is 10.1. The van der Waals surface area contributed by atoms with Crippen LogP contribution < -0.4 is 0 Å². The Hall–Kier alpha value is -0.780. The Labute approximate surface area is 86.9 Å². The van der Waals surface area contributed by atoms with E-state index in [0.717, 1.165) is 15.6 Å². The monoisotopic (exact) mass is 238 g/mol. The normalized spacial score (nSPS) is 9.15. The van der Waals surface area contributed by atoms with Crippen LogP contribution in [0.5, 0.6) is 0 Å². The lowest BCUT2D eigenvalue weighted by Gasteiger charge is -1.99. The molecule has 0 atom stereocenters. The Bertz CT molecular complexity index is 347. The standard InChI is InChI=1S/C11H11BrO/c1-9-10(5-2-3-8-13)6-4-7-11(9)12/h4,6-7,13H,3,8H2,1H3. The third kappa shape index (κ3) is 2.87. The van der Waals surface area contributed by atoms with Crippen molar-refractivity contribution in [2.24, 2.45) is 0 Å². The first-order valence-electron chi connectivity index (χ1n) is 4.10.